The molecule has 0 aromatic carbocycles. The lowest BCUT2D eigenvalue weighted by atomic mass is 10.3. The zero-order valence-electron chi connectivity index (χ0n) is 8.06. The van der Waals surface area contributed by atoms with Crippen molar-refractivity contribution in [2.24, 2.45) is 0 Å². The highest BCUT2D eigenvalue weighted by molar-refractivity contribution is 5.75. The molecule has 3 nitrogen and oxygen atoms in total. The molecule has 0 bridgehead atoms. The quantitative estimate of drug-likeness (QED) is 0.656. The minimum atomic E-state index is -4.71. The maximum Gasteiger partial charge on any atom is 0.425 e. The molecule has 0 aromatic rings. The van der Waals surface area contributed by atoms with Crippen LogP contribution in [0.4, 0.5) is 13.2 Å². The molecule has 0 N–H and O–H groups in total. The molecule has 1 unspecified atom stereocenters. The van der Waals surface area contributed by atoms with Crippen LogP contribution in [0.25, 0.3) is 0 Å². The van der Waals surface area contributed by atoms with Gasteiger partial charge in [0.1, 0.15) is 0 Å². The standard InChI is InChI=1S/C8H13F3O3/c1-3-5-14-6(8(9,10)11)7(12)13-4-2/h6H,3-5H2,1-2H3. The van der Waals surface area contributed by atoms with Crippen molar-refractivity contribution in [3.63, 3.8) is 0 Å². The smallest absolute Gasteiger partial charge is 0.425 e. The highest BCUT2D eigenvalue weighted by Crippen LogP contribution is 2.24. The summed E-state index contributed by atoms with van der Waals surface area (Å²) in [6.07, 6.45) is -6.75. The Morgan fingerprint density at radius 2 is 1.93 bits per heavy atom. The Kier molecular flexibility index (Phi) is 5.52. The fourth-order valence-corrected chi connectivity index (χ4v) is 0.750. The van der Waals surface area contributed by atoms with E-state index in [0.717, 1.165) is 0 Å². The summed E-state index contributed by atoms with van der Waals surface area (Å²) in [5.41, 5.74) is 0. The van der Waals surface area contributed by atoms with Gasteiger partial charge in [-0.05, 0) is 13.3 Å². The van der Waals surface area contributed by atoms with E-state index in [2.05, 4.69) is 9.47 Å². The fraction of sp³-hybridized carbons (Fsp3) is 0.875. The van der Waals surface area contributed by atoms with Gasteiger partial charge < -0.3 is 9.47 Å². The monoisotopic (exact) mass is 214 g/mol. The van der Waals surface area contributed by atoms with Crippen molar-refractivity contribution in [1.29, 1.82) is 0 Å². The zero-order chi connectivity index (χ0) is 11.2. The molecule has 1 atom stereocenters. The van der Waals surface area contributed by atoms with Crippen molar-refractivity contribution >= 4 is 5.97 Å². The van der Waals surface area contributed by atoms with E-state index in [0.29, 0.717) is 6.42 Å². The zero-order valence-corrected chi connectivity index (χ0v) is 8.06. The first-order valence-electron chi connectivity index (χ1n) is 4.28. The molecule has 0 fully saturated rings. The average Bonchev–Trinajstić information content (AvgIpc) is 2.03. The van der Waals surface area contributed by atoms with Crippen LogP contribution in [0, 0.1) is 0 Å². The number of halogens is 3. The molecule has 0 aliphatic heterocycles. The van der Waals surface area contributed by atoms with Crippen LogP contribution in [0.2, 0.25) is 0 Å². The Bertz CT molecular complexity index is 179. The van der Waals surface area contributed by atoms with Crippen molar-refractivity contribution in [3.8, 4) is 0 Å². The Morgan fingerprint density at radius 1 is 1.36 bits per heavy atom. The van der Waals surface area contributed by atoms with Crippen LogP contribution >= 0.6 is 0 Å². The van der Waals surface area contributed by atoms with Gasteiger partial charge in [-0.1, -0.05) is 6.92 Å². The number of esters is 1. The first-order chi connectivity index (χ1) is 6.43. The van der Waals surface area contributed by atoms with Crippen LogP contribution in [0.1, 0.15) is 20.3 Å². The Balaban J connectivity index is 4.31. The van der Waals surface area contributed by atoms with Gasteiger partial charge in [-0.3, -0.25) is 0 Å². The van der Waals surface area contributed by atoms with Gasteiger partial charge in [0.25, 0.3) is 6.10 Å². The molecule has 0 rings (SSSR count). The van der Waals surface area contributed by atoms with Gasteiger partial charge >= 0.3 is 12.1 Å². The summed E-state index contributed by atoms with van der Waals surface area (Å²) in [5, 5.41) is 0. The molecule has 0 aliphatic carbocycles. The second kappa shape index (κ2) is 5.85. The van der Waals surface area contributed by atoms with Crippen LogP contribution in [0.15, 0.2) is 0 Å². The van der Waals surface area contributed by atoms with Crippen molar-refractivity contribution in [2.45, 2.75) is 32.5 Å². The van der Waals surface area contributed by atoms with E-state index in [9.17, 15) is 18.0 Å². The SMILES string of the molecule is CCCOC(C(=O)OCC)C(F)(F)F. The van der Waals surface area contributed by atoms with Gasteiger partial charge in [0.2, 0.25) is 0 Å². The predicted molar refractivity (Wildman–Crippen MR) is 42.7 cm³/mol. The predicted octanol–water partition coefficient (Wildman–Crippen LogP) is 1.91. The molecular formula is C8H13F3O3. The summed E-state index contributed by atoms with van der Waals surface area (Å²) in [6.45, 7) is 2.87. The van der Waals surface area contributed by atoms with E-state index < -0.39 is 18.2 Å². The lowest BCUT2D eigenvalue weighted by Crippen LogP contribution is -2.40. The third kappa shape index (κ3) is 4.45. The van der Waals surface area contributed by atoms with Crippen molar-refractivity contribution in [2.75, 3.05) is 13.2 Å². The lowest BCUT2D eigenvalue weighted by molar-refractivity contribution is -0.230. The Morgan fingerprint density at radius 3 is 2.29 bits per heavy atom. The number of rotatable bonds is 5. The van der Waals surface area contributed by atoms with Gasteiger partial charge in [-0.25, -0.2) is 4.79 Å². The minimum absolute atomic E-state index is 0.0963. The minimum Gasteiger partial charge on any atom is -0.464 e. The van der Waals surface area contributed by atoms with Crippen LogP contribution < -0.4 is 0 Å². The largest absolute Gasteiger partial charge is 0.464 e. The highest BCUT2D eigenvalue weighted by atomic mass is 19.4. The molecule has 0 saturated carbocycles. The van der Waals surface area contributed by atoms with Crippen LogP contribution in [0.3, 0.4) is 0 Å². The third-order valence-corrected chi connectivity index (χ3v) is 1.29. The van der Waals surface area contributed by atoms with Gasteiger partial charge in [-0.2, -0.15) is 13.2 Å². The normalized spacial score (nSPS) is 13.8. The maximum atomic E-state index is 12.2. The van der Waals surface area contributed by atoms with E-state index >= 15 is 0 Å². The molecular weight excluding hydrogens is 201 g/mol. The van der Waals surface area contributed by atoms with E-state index in [1.807, 2.05) is 0 Å². The molecule has 0 amide bonds. The average molecular weight is 214 g/mol. The van der Waals surface area contributed by atoms with Crippen molar-refractivity contribution < 1.29 is 27.4 Å². The molecule has 0 spiro atoms. The summed E-state index contributed by atoms with van der Waals surface area (Å²) in [5.74, 6) is -1.38. The lowest BCUT2D eigenvalue weighted by Gasteiger charge is -2.18. The summed E-state index contributed by atoms with van der Waals surface area (Å²) < 4.78 is 45.2. The second-order valence-corrected chi connectivity index (χ2v) is 2.54. The summed E-state index contributed by atoms with van der Waals surface area (Å²) >= 11 is 0. The van der Waals surface area contributed by atoms with Gasteiger partial charge in [0.15, 0.2) is 0 Å². The molecule has 84 valence electrons. The number of alkyl halides is 3. The first-order valence-corrected chi connectivity index (χ1v) is 4.28. The van der Waals surface area contributed by atoms with Crippen LogP contribution in [-0.2, 0) is 14.3 Å². The van der Waals surface area contributed by atoms with Gasteiger partial charge in [0.05, 0.1) is 6.61 Å². The Labute approximate surface area is 80.2 Å². The van der Waals surface area contributed by atoms with E-state index in [1.54, 1.807) is 6.92 Å². The molecule has 0 heterocycles. The molecule has 0 aromatic heterocycles. The Hall–Kier alpha value is -0.780. The maximum absolute atomic E-state index is 12.2. The topological polar surface area (TPSA) is 35.5 Å². The molecule has 6 heteroatoms. The van der Waals surface area contributed by atoms with E-state index in [1.165, 1.54) is 6.92 Å². The number of ether oxygens (including phenoxy) is 2. The van der Waals surface area contributed by atoms with Crippen LogP contribution in [-0.4, -0.2) is 31.5 Å². The molecule has 0 radical (unpaired) electrons. The van der Waals surface area contributed by atoms with Gasteiger partial charge in [0, 0.05) is 6.61 Å². The first kappa shape index (κ1) is 13.2. The number of hydrogen-bond donors (Lipinski definition) is 0. The number of hydrogen-bond acceptors (Lipinski definition) is 3. The summed E-state index contributed by atoms with van der Waals surface area (Å²) in [7, 11) is 0. The number of carbonyl (C=O) groups is 1. The van der Waals surface area contributed by atoms with Crippen molar-refractivity contribution in [1.82, 2.24) is 0 Å². The fourth-order valence-electron chi connectivity index (χ4n) is 0.750. The molecule has 0 aliphatic rings. The summed E-state index contributed by atoms with van der Waals surface area (Å²) in [6, 6.07) is 0. The molecule has 0 saturated heterocycles. The molecule has 14 heavy (non-hydrogen) atoms. The van der Waals surface area contributed by atoms with Crippen LogP contribution in [0.5, 0.6) is 0 Å². The van der Waals surface area contributed by atoms with E-state index in [-0.39, 0.29) is 13.2 Å². The second-order valence-electron chi connectivity index (χ2n) is 2.54. The number of carbonyl (C=O) groups excluding carboxylic acids is 1. The third-order valence-electron chi connectivity index (χ3n) is 1.29. The van der Waals surface area contributed by atoms with Crippen molar-refractivity contribution in [3.05, 3.63) is 0 Å². The summed E-state index contributed by atoms with van der Waals surface area (Å²) in [4.78, 5) is 10.8. The van der Waals surface area contributed by atoms with E-state index in [4.69, 9.17) is 0 Å². The highest BCUT2D eigenvalue weighted by Gasteiger charge is 2.47. The van der Waals surface area contributed by atoms with Gasteiger partial charge in [-0.15, -0.1) is 0 Å².